The van der Waals surface area contributed by atoms with Crippen LogP contribution in [0.25, 0.3) is 0 Å². The number of benzene rings is 1. The molecule has 3 amide bonds. The number of carbonyl (C=O) groups excluding carboxylic acids is 3. The molecule has 3 N–H and O–H groups in total. The van der Waals surface area contributed by atoms with E-state index < -0.39 is 29.6 Å². The predicted octanol–water partition coefficient (Wildman–Crippen LogP) is 2.85. The van der Waals surface area contributed by atoms with E-state index in [1.807, 2.05) is 13.8 Å². The van der Waals surface area contributed by atoms with Gasteiger partial charge in [0.1, 0.15) is 17.4 Å². The molecule has 0 aromatic heterocycles. The number of hydrogen-bond donors (Lipinski definition) is 3. The summed E-state index contributed by atoms with van der Waals surface area (Å²) in [5.74, 6) is -1.54. The minimum absolute atomic E-state index is 0.0101. The normalized spacial score (nSPS) is 30.8. The number of likely N-dealkylation sites (tertiary alicyclic amines) is 1. The van der Waals surface area contributed by atoms with Crippen molar-refractivity contribution in [2.24, 2.45) is 11.8 Å². The van der Waals surface area contributed by atoms with Crippen molar-refractivity contribution in [3.63, 3.8) is 0 Å². The first-order valence-corrected chi connectivity index (χ1v) is 14.3. The van der Waals surface area contributed by atoms with Gasteiger partial charge in [-0.3, -0.25) is 14.4 Å². The van der Waals surface area contributed by atoms with Crippen LogP contribution in [0.5, 0.6) is 5.75 Å². The summed E-state index contributed by atoms with van der Waals surface area (Å²) in [4.78, 5) is 42.6. The largest absolute Gasteiger partial charge is 0.494 e. The molecule has 37 heavy (non-hydrogen) atoms. The molecule has 3 aliphatic heterocycles. The predicted molar refractivity (Wildman–Crippen MR) is 142 cm³/mol. The summed E-state index contributed by atoms with van der Waals surface area (Å²) in [7, 11) is 0. The van der Waals surface area contributed by atoms with Gasteiger partial charge in [0, 0.05) is 29.7 Å². The van der Waals surface area contributed by atoms with Crippen LogP contribution in [0, 0.1) is 11.8 Å². The average Bonchev–Trinajstić information content (AvgIpc) is 3.44. The van der Waals surface area contributed by atoms with Crippen LogP contribution in [0.4, 0.5) is 5.69 Å². The maximum Gasteiger partial charge on any atom is 0.246 e. The number of fused-ring (bicyclic) bond motifs is 1. The molecule has 1 aromatic carbocycles. The third-order valence-electron chi connectivity index (χ3n) is 7.69. The third kappa shape index (κ3) is 5.25. The summed E-state index contributed by atoms with van der Waals surface area (Å²) in [6, 6.07) is 6.23. The van der Waals surface area contributed by atoms with Crippen molar-refractivity contribution in [2.75, 3.05) is 25.1 Å². The minimum Gasteiger partial charge on any atom is -0.494 e. The van der Waals surface area contributed by atoms with Crippen LogP contribution < -0.4 is 15.4 Å². The number of aliphatic hydroxyl groups is 1. The Kier molecular flexibility index (Phi) is 8.81. The molecule has 0 aliphatic carbocycles. The van der Waals surface area contributed by atoms with E-state index in [0.717, 1.165) is 12.8 Å². The van der Waals surface area contributed by atoms with Gasteiger partial charge in [-0.25, -0.2) is 0 Å². The van der Waals surface area contributed by atoms with Crippen LogP contribution in [0.1, 0.15) is 52.9 Å². The van der Waals surface area contributed by atoms with Crippen molar-refractivity contribution in [3.05, 3.63) is 24.3 Å². The van der Waals surface area contributed by atoms with Crippen LogP contribution in [0.15, 0.2) is 24.3 Å². The van der Waals surface area contributed by atoms with Gasteiger partial charge in [-0.1, -0.05) is 29.3 Å². The van der Waals surface area contributed by atoms with Crippen molar-refractivity contribution in [1.82, 2.24) is 10.2 Å². The Bertz CT molecular complexity index is 991. The quantitative estimate of drug-likeness (QED) is 0.259. The summed E-state index contributed by atoms with van der Waals surface area (Å²) in [5, 5.41) is 15.3. The molecule has 9 nitrogen and oxygen atoms in total. The summed E-state index contributed by atoms with van der Waals surface area (Å²) >= 11 is 3.69. The van der Waals surface area contributed by atoms with Gasteiger partial charge in [-0.05, 0) is 63.8 Å². The van der Waals surface area contributed by atoms with E-state index in [2.05, 4.69) is 33.5 Å². The highest BCUT2D eigenvalue weighted by Gasteiger charge is 2.76. The fourth-order valence-electron chi connectivity index (χ4n) is 6.22. The maximum atomic E-state index is 13.9. The second-order valence-electron chi connectivity index (χ2n) is 10.3. The topological polar surface area (TPSA) is 117 Å². The minimum atomic E-state index is -1.08. The average molecular weight is 581 g/mol. The second kappa shape index (κ2) is 11.7. The van der Waals surface area contributed by atoms with Crippen LogP contribution in [0.2, 0.25) is 0 Å². The van der Waals surface area contributed by atoms with Gasteiger partial charge in [0.2, 0.25) is 17.7 Å². The van der Waals surface area contributed by atoms with Crippen molar-refractivity contribution < 1.29 is 29.0 Å². The van der Waals surface area contributed by atoms with E-state index in [4.69, 9.17) is 9.47 Å². The molecular weight excluding hydrogens is 542 g/mol. The maximum absolute atomic E-state index is 13.9. The molecule has 3 aliphatic rings. The second-order valence-corrected chi connectivity index (χ2v) is 11.4. The SMILES string of the molecule is CCCC(C)NC(=O)C1N(CCCCO)C(=O)[C@@H]2[C@H](C(=O)Nc3ccc(OCC)cc3)[C@H]3OC12CC3Br. The molecule has 204 valence electrons. The first-order valence-electron chi connectivity index (χ1n) is 13.3. The van der Waals surface area contributed by atoms with Gasteiger partial charge in [0.05, 0.1) is 24.5 Å². The smallest absolute Gasteiger partial charge is 0.246 e. The highest BCUT2D eigenvalue weighted by atomic mass is 79.9. The van der Waals surface area contributed by atoms with Gasteiger partial charge in [-0.15, -0.1) is 0 Å². The molecule has 10 heteroatoms. The molecule has 3 heterocycles. The van der Waals surface area contributed by atoms with Crippen LogP contribution in [-0.4, -0.2) is 76.1 Å². The highest BCUT2D eigenvalue weighted by molar-refractivity contribution is 9.09. The lowest BCUT2D eigenvalue weighted by Crippen LogP contribution is -2.57. The number of rotatable bonds is 12. The van der Waals surface area contributed by atoms with E-state index in [9.17, 15) is 19.5 Å². The molecule has 1 spiro atoms. The number of halogens is 1. The Labute approximate surface area is 226 Å². The lowest BCUT2D eigenvalue weighted by molar-refractivity contribution is -0.141. The zero-order valence-corrected chi connectivity index (χ0v) is 23.3. The Morgan fingerprint density at radius 3 is 2.62 bits per heavy atom. The van der Waals surface area contributed by atoms with Crippen molar-refractivity contribution in [3.8, 4) is 5.75 Å². The fourth-order valence-corrected chi connectivity index (χ4v) is 7.16. The molecule has 2 bridgehead atoms. The number of anilines is 1. The number of carbonyl (C=O) groups is 3. The highest BCUT2D eigenvalue weighted by Crippen LogP contribution is 2.60. The molecule has 7 atom stereocenters. The fraction of sp³-hybridized carbons (Fsp3) is 0.667. The Balaban J connectivity index is 1.61. The number of unbranched alkanes of at least 4 members (excludes halogenated alkanes) is 1. The molecule has 4 rings (SSSR count). The zero-order chi connectivity index (χ0) is 26.7. The zero-order valence-electron chi connectivity index (χ0n) is 21.7. The van der Waals surface area contributed by atoms with Gasteiger partial charge >= 0.3 is 0 Å². The molecule has 3 saturated heterocycles. The van der Waals surface area contributed by atoms with E-state index in [-0.39, 0.29) is 35.2 Å². The van der Waals surface area contributed by atoms with Crippen molar-refractivity contribution in [1.29, 1.82) is 0 Å². The number of hydrogen-bond acceptors (Lipinski definition) is 6. The van der Waals surface area contributed by atoms with Crippen LogP contribution >= 0.6 is 15.9 Å². The van der Waals surface area contributed by atoms with Gasteiger partial charge in [-0.2, -0.15) is 0 Å². The Morgan fingerprint density at radius 2 is 1.97 bits per heavy atom. The molecular formula is C27H38BrN3O6. The first-order chi connectivity index (χ1) is 17.8. The molecule has 0 saturated carbocycles. The van der Waals surface area contributed by atoms with E-state index in [0.29, 0.717) is 43.9 Å². The number of ether oxygens (including phenoxy) is 2. The van der Waals surface area contributed by atoms with Crippen molar-refractivity contribution >= 4 is 39.3 Å². The van der Waals surface area contributed by atoms with E-state index >= 15 is 0 Å². The van der Waals surface area contributed by atoms with Crippen molar-refractivity contribution in [2.45, 2.75) is 81.5 Å². The summed E-state index contributed by atoms with van der Waals surface area (Å²) in [6.07, 6.45) is 2.79. The molecule has 3 fully saturated rings. The Morgan fingerprint density at radius 1 is 1.24 bits per heavy atom. The molecule has 1 aromatic rings. The monoisotopic (exact) mass is 579 g/mol. The first kappa shape index (κ1) is 27.9. The number of aliphatic hydroxyl groups excluding tert-OH is 1. The van der Waals surface area contributed by atoms with Gasteiger partial charge < -0.3 is 30.1 Å². The number of nitrogens with one attached hydrogen (secondary N) is 2. The van der Waals surface area contributed by atoms with Crippen LogP contribution in [-0.2, 0) is 19.1 Å². The Hall–Kier alpha value is -2.17. The number of nitrogens with zero attached hydrogens (tertiary/aromatic N) is 1. The van der Waals surface area contributed by atoms with E-state index in [1.54, 1.807) is 29.2 Å². The third-order valence-corrected chi connectivity index (χ3v) is 8.54. The van der Waals surface area contributed by atoms with E-state index in [1.165, 1.54) is 0 Å². The summed E-state index contributed by atoms with van der Waals surface area (Å²) in [6.45, 7) is 6.80. The molecule has 4 unspecified atom stereocenters. The standard InChI is InChI=1S/C27H38BrN3O6/c1-4-8-16(3)29-25(34)23-27-15-19(28)22(37-27)20(21(27)26(35)31(23)13-6-7-14-32)24(33)30-17-9-11-18(12-10-17)36-5-2/h9-12,16,19-23,32H,4-8,13-15H2,1-3H3,(H,29,34)(H,30,33)/t16?,19?,20-,21-,22-,23?,27?/m0/s1. The van der Waals surface area contributed by atoms with Crippen LogP contribution in [0.3, 0.4) is 0 Å². The lowest BCUT2D eigenvalue weighted by atomic mass is 9.70. The lowest BCUT2D eigenvalue weighted by Gasteiger charge is -2.34. The summed E-state index contributed by atoms with van der Waals surface area (Å²) < 4.78 is 12.0. The number of amides is 3. The number of alkyl halides is 1. The van der Waals surface area contributed by atoms with Gasteiger partial charge in [0.15, 0.2) is 0 Å². The van der Waals surface area contributed by atoms with Gasteiger partial charge in [0.25, 0.3) is 0 Å². The molecule has 0 radical (unpaired) electrons. The summed E-state index contributed by atoms with van der Waals surface area (Å²) in [5.41, 5.74) is -0.476.